The lowest BCUT2D eigenvalue weighted by Gasteiger charge is -2.07. The van der Waals surface area contributed by atoms with Gasteiger partial charge in [-0.1, -0.05) is 18.2 Å². The van der Waals surface area contributed by atoms with E-state index in [1.807, 2.05) is 25.1 Å². The summed E-state index contributed by atoms with van der Waals surface area (Å²) in [6.07, 6.45) is 0. The van der Waals surface area contributed by atoms with Crippen LogP contribution >= 0.6 is 0 Å². The number of nitrogens with two attached hydrogens (primary N) is 1. The summed E-state index contributed by atoms with van der Waals surface area (Å²) in [4.78, 5) is 0. The smallest absolute Gasteiger partial charge is 0.182 e. The van der Waals surface area contributed by atoms with Gasteiger partial charge in [0.05, 0.1) is 6.54 Å². The first-order valence-corrected chi connectivity index (χ1v) is 6.51. The van der Waals surface area contributed by atoms with Crippen molar-refractivity contribution in [2.75, 3.05) is 5.73 Å². The molecule has 1 heterocycles. The predicted octanol–water partition coefficient (Wildman–Crippen LogP) is 2.42. The van der Waals surface area contributed by atoms with E-state index in [0.717, 1.165) is 11.1 Å². The maximum atomic E-state index is 13.7. The van der Waals surface area contributed by atoms with Crippen molar-refractivity contribution in [1.29, 1.82) is 0 Å². The molecule has 0 atom stereocenters. The van der Waals surface area contributed by atoms with Crippen molar-refractivity contribution in [3.05, 3.63) is 59.4 Å². The van der Waals surface area contributed by atoms with Crippen LogP contribution in [0.15, 0.2) is 42.5 Å². The van der Waals surface area contributed by atoms with Crippen molar-refractivity contribution in [3.63, 3.8) is 0 Å². The molecule has 0 amide bonds. The number of tetrazole rings is 1. The van der Waals surface area contributed by atoms with E-state index in [4.69, 9.17) is 5.73 Å². The zero-order valence-corrected chi connectivity index (χ0v) is 11.5. The Morgan fingerprint density at radius 1 is 1.19 bits per heavy atom. The maximum absolute atomic E-state index is 13.7. The first-order chi connectivity index (χ1) is 10.1. The predicted molar refractivity (Wildman–Crippen MR) is 77.9 cm³/mol. The molecule has 3 rings (SSSR count). The zero-order chi connectivity index (χ0) is 14.8. The summed E-state index contributed by atoms with van der Waals surface area (Å²) in [5, 5.41) is 11.6. The van der Waals surface area contributed by atoms with E-state index in [0.29, 0.717) is 17.1 Å². The van der Waals surface area contributed by atoms with Crippen LogP contribution in [0.3, 0.4) is 0 Å². The molecule has 2 N–H and O–H groups in total. The second-order valence-electron chi connectivity index (χ2n) is 4.82. The fourth-order valence-corrected chi connectivity index (χ4v) is 2.12. The minimum Gasteiger partial charge on any atom is -0.399 e. The number of benzene rings is 2. The molecule has 0 radical (unpaired) electrons. The fourth-order valence-electron chi connectivity index (χ4n) is 2.12. The Morgan fingerprint density at radius 3 is 2.76 bits per heavy atom. The number of hydrogen-bond acceptors (Lipinski definition) is 4. The highest BCUT2D eigenvalue weighted by molar-refractivity contribution is 5.61. The molecule has 2 aromatic carbocycles. The molecule has 106 valence electrons. The van der Waals surface area contributed by atoms with Crippen LogP contribution in [0.5, 0.6) is 0 Å². The van der Waals surface area contributed by atoms with Crippen LogP contribution in [0.25, 0.3) is 11.4 Å². The van der Waals surface area contributed by atoms with Crippen molar-refractivity contribution >= 4 is 5.69 Å². The molecule has 0 aliphatic heterocycles. The van der Waals surface area contributed by atoms with E-state index < -0.39 is 0 Å². The van der Waals surface area contributed by atoms with E-state index in [1.54, 1.807) is 22.9 Å². The fraction of sp³-hybridized carbons (Fsp3) is 0.133. The molecular weight excluding hydrogens is 269 g/mol. The topological polar surface area (TPSA) is 69.6 Å². The number of aromatic nitrogens is 4. The van der Waals surface area contributed by atoms with Gasteiger partial charge in [-0.25, -0.2) is 9.07 Å². The summed E-state index contributed by atoms with van der Waals surface area (Å²) in [6, 6.07) is 12.2. The van der Waals surface area contributed by atoms with Gasteiger partial charge in [0.25, 0.3) is 0 Å². The van der Waals surface area contributed by atoms with Crippen molar-refractivity contribution in [3.8, 4) is 11.4 Å². The van der Waals surface area contributed by atoms with Crippen LogP contribution in [0.1, 0.15) is 11.1 Å². The number of hydrogen-bond donors (Lipinski definition) is 1. The molecule has 0 aliphatic rings. The minimum atomic E-state index is -0.271. The first-order valence-electron chi connectivity index (χ1n) is 6.51. The molecule has 6 heteroatoms. The van der Waals surface area contributed by atoms with Crippen molar-refractivity contribution in [2.24, 2.45) is 0 Å². The van der Waals surface area contributed by atoms with Crippen LogP contribution in [-0.2, 0) is 6.54 Å². The van der Waals surface area contributed by atoms with Crippen LogP contribution in [0.4, 0.5) is 10.1 Å². The molecule has 0 unspecified atom stereocenters. The SMILES string of the molecule is Cc1cc(-c2nnnn2Cc2ccccc2F)ccc1N. The van der Waals surface area contributed by atoms with E-state index >= 15 is 0 Å². The van der Waals surface area contributed by atoms with Crippen molar-refractivity contribution in [2.45, 2.75) is 13.5 Å². The van der Waals surface area contributed by atoms with Gasteiger partial charge in [0.1, 0.15) is 5.82 Å². The summed E-state index contributed by atoms with van der Waals surface area (Å²) in [5.74, 6) is 0.314. The Bertz CT molecular complexity index is 781. The Hall–Kier alpha value is -2.76. The molecule has 21 heavy (non-hydrogen) atoms. The molecule has 0 bridgehead atoms. The van der Waals surface area contributed by atoms with Crippen LogP contribution in [-0.4, -0.2) is 20.2 Å². The van der Waals surface area contributed by atoms with Gasteiger partial charge in [0, 0.05) is 16.8 Å². The number of nitrogen functional groups attached to an aromatic ring is 1. The standard InChI is InChI=1S/C15H14FN5/c1-10-8-11(6-7-14(10)17)15-18-19-20-21(15)9-12-4-2-3-5-13(12)16/h2-8H,9,17H2,1H3. The number of nitrogens with zero attached hydrogens (tertiary/aromatic N) is 4. The molecular formula is C15H14FN5. The average molecular weight is 283 g/mol. The lowest BCUT2D eigenvalue weighted by atomic mass is 10.1. The Labute approximate surface area is 121 Å². The highest BCUT2D eigenvalue weighted by Gasteiger charge is 2.11. The van der Waals surface area contributed by atoms with E-state index in [2.05, 4.69) is 15.5 Å². The lowest BCUT2D eigenvalue weighted by Crippen LogP contribution is -2.06. The monoisotopic (exact) mass is 283 g/mol. The van der Waals surface area contributed by atoms with Gasteiger partial charge < -0.3 is 5.73 Å². The molecule has 0 saturated heterocycles. The molecule has 5 nitrogen and oxygen atoms in total. The highest BCUT2D eigenvalue weighted by Crippen LogP contribution is 2.21. The summed E-state index contributed by atoms with van der Waals surface area (Å²) < 4.78 is 15.3. The Morgan fingerprint density at radius 2 is 2.00 bits per heavy atom. The zero-order valence-electron chi connectivity index (χ0n) is 11.5. The minimum absolute atomic E-state index is 0.271. The van der Waals surface area contributed by atoms with E-state index in [-0.39, 0.29) is 12.4 Å². The number of anilines is 1. The molecule has 0 spiro atoms. The highest BCUT2D eigenvalue weighted by atomic mass is 19.1. The van der Waals surface area contributed by atoms with Crippen LogP contribution in [0, 0.1) is 12.7 Å². The Balaban J connectivity index is 1.97. The molecule has 0 saturated carbocycles. The van der Waals surface area contributed by atoms with Crippen molar-refractivity contribution in [1.82, 2.24) is 20.2 Å². The second-order valence-corrected chi connectivity index (χ2v) is 4.82. The summed E-state index contributed by atoms with van der Waals surface area (Å²) in [7, 11) is 0. The average Bonchev–Trinajstić information content (AvgIpc) is 2.93. The van der Waals surface area contributed by atoms with Gasteiger partial charge in [-0.3, -0.25) is 0 Å². The van der Waals surface area contributed by atoms with Gasteiger partial charge in [-0.15, -0.1) is 5.10 Å². The summed E-state index contributed by atoms with van der Waals surface area (Å²) >= 11 is 0. The lowest BCUT2D eigenvalue weighted by molar-refractivity contribution is 0.579. The summed E-state index contributed by atoms with van der Waals surface area (Å²) in [6.45, 7) is 2.20. The van der Waals surface area contributed by atoms with Gasteiger partial charge in [-0.05, 0) is 47.2 Å². The van der Waals surface area contributed by atoms with Crippen molar-refractivity contribution < 1.29 is 4.39 Å². The van der Waals surface area contributed by atoms with Crippen LogP contribution in [0.2, 0.25) is 0 Å². The third-order valence-corrected chi connectivity index (χ3v) is 3.34. The number of halogens is 1. The second kappa shape index (κ2) is 5.32. The summed E-state index contributed by atoms with van der Waals surface area (Å²) in [5.41, 5.74) is 8.87. The normalized spacial score (nSPS) is 10.8. The molecule has 0 fully saturated rings. The molecule has 1 aromatic heterocycles. The van der Waals surface area contributed by atoms with E-state index in [1.165, 1.54) is 6.07 Å². The van der Waals surface area contributed by atoms with Gasteiger partial charge in [0.2, 0.25) is 0 Å². The maximum Gasteiger partial charge on any atom is 0.182 e. The van der Waals surface area contributed by atoms with Gasteiger partial charge >= 0.3 is 0 Å². The van der Waals surface area contributed by atoms with Gasteiger partial charge in [-0.2, -0.15) is 0 Å². The Kier molecular flexibility index (Phi) is 3.35. The largest absolute Gasteiger partial charge is 0.399 e. The van der Waals surface area contributed by atoms with Gasteiger partial charge in [0.15, 0.2) is 5.82 Å². The number of aryl methyl sites for hydroxylation is 1. The third-order valence-electron chi connectivity index (χ3n) is 3.34. The quantitative estimate of drug-likeness (QED) is 0.749. The molecule has 0 aliphatic carbocycles. The third kappa shape index (κ3) is 2.60. The molecule has 3 aromatic rings. The van der Waals surface area contributed by atoms with Crippen LogP contribution < -0.4 is 5.73 Å². The number of rotatable bonds is 3. The first kappa shape index (κ1) is 13.2. The van der Waals surface area contributed by atoms with E-state index in [9.17, 15) is 4.39 Å².